The quantitative estimate of drug-likeness (QED) is 0.439. The average molecular weight is 129 g/mol. The summed E-state index contributed by atoms with van der Waals surface area (Å²) in [6, 6.07) is 0. The number of nitrogens with one attached hydrogen (secondary N) is 1. The highest BCUT2D eigenvalue weighted by Crippen LogP contribution is 2.23. The molecule has 0 radical (unpaired) electrons. The van der Waals surface area contributed by atoms with Crippen LogP contribution in [0, 0.1) is 5.92 Å². The standard InChI is InChI=1S/C6H11NO2/c8-5-3-9-6-2-7-1-4(5)6/h4-8H,1-3H2. The van der Waals surface area contributed by atoms with Crippen molar-refractivity contribution in [2.45, 2.75) is 12.2 Å². The summed E-state index contributed by atoms with van der Waals surface area (Å²) in [5.41, 5.74) is 0. The van der Waals surface area contributed by atoms with Crippen molar-refractivity contribution in [2.75, 3.05) is 19.7 Å². The van der Waals surface area contributed by atoms with Crippen LogP contribution in [0.15, 0.2) is 0 Å². The van der Waals surface area contributed by atoms with Gasteiger partial charge in [-0.3, -0.25) is 0 Å². The van der Waals surface area contributed by atoms with Crippen LogP contribution >= 0.6 is 0 Å². The summed E-state index contributed by atoms with van der Waals surface area (Å²) in [5.74, 6) is 0.366. The monoisotopic (exact) mass is 129 g/mol. The summed E-state index contributed by atoms with van der Waals surface area (Å²) in [7, 11) is 0. The first kappa shape index (κ1) is 5.65. The summed E-state index contributed by atoms with van der Waals surface area (Å²) < 4.78 is 5.28. The van der Waals surface area contributed by atoms with Crippen LogP contribution in [0.25, 0.3) is 0 Å². The Hall–Kier alpha value is -0.120. The molecular formula is C6H11NO2. The molecule has 0 amide bonds. The first-order valence-electron chi connectivity index (χ1n) is 3.38. The summed E-state index contributed by atoms with van der Waals surface area (Å²) in [6.07, 6.45) is 0.0741. The van der Waals surface area contributed by atoms with E-state index in [0.29, 0.717) is 18.6 Å². The molecule has 2 aliphatic heterocycles. The first-order valence-corrected chi connectivity index (χ1v) is 3.38. The highest BCUT2D eigenvalue weighted by atomic mass is 16.5. The van der Waals surface area contributed by atoms with E-state index in [1.807, 2.05) is 0 Å². The van der Waals surface area contributed by atoms with Gasteiger partial charge in [0.05, 0.1) is 18.8 Å². The second kappa shape index (κ2) is 1.94. The number of fused-ring (bicyclic) bond motifs is 1. The topological polar surface area (TPSA) is 41.5 Å². The Morgan fingerprint density at radius 3 is 3.11 bits per heavy atom. The summed E-state index contributed by atoms with van der Waals surface area (Å²) in [4.78, 5) is 0. The van der Waals surface area contributed by atoms with Crippen LogP contribution in [0.1, 0.15) is 0 Å². The average Bonchev–Trinajstić information content (AvgIpc) is 2.35. The van der Waals surface area contributed by atoms with Gasteiger partial charge in [-0.1, -0.05) is 0 Å². The van der Waals surface area contributed by atoms with Crippen molar-refractivity contribution < 1.29 is 9.84 Å². The van der Waals surface area contributed by atoms with Gasteiger partial charge in [-0.25, -0.2) is 0 Å². The number of hydrogen-bond donors (Lipinski definition) is 2. The van der Waals surface area contributed by atoms with Gasteiger partial charge in [0.15, 0.2) is 0 Å². The lowest BCUT2D eigenvalue weighted by molar-refractivity contribution is 0.0906. The van der Waals surface area contributed by atoms with Gasteiger partial charge in [0.2, 0.25) is 0 Å². The molecule has 0 aliphatic carbocycles. The van der Waals surface area contributed by atoms with E-state index in [1.54, 1.807) is 0 Å². The second-order valence-corrected chi connectivity index (χ2v) is 2.76. The third kappa shape index (κ3) is 0.764. The molecule has 2 rings (SSSR count). The van der Waals surface area contributed by atoms with Crippen molar-refractivity contribution in [3.05, 3.63) is 0 Å². The molecule has 0 aromatic carbocycles. The molecule has 0 aromatic rings. The van der Waals surface area contributed by atoms with Gasteiger partial charge in [0.25, 0.3) is 0 Å². The molecule has 52 valence electrons. The third-order valence-electron chi connectivity index (χ3n) is 2.18. The van der Waals surface area contributed by atoms with Gasteiger partial charge in [0.1, 0.15) is 0 Å². The van der Waals surface area contributed by atoms with Crippen molar-refractivity contribution in [2.24, 2.45) is 5.92 Å². The third-order valence-corrected chi connectivity index (χ3v) is 2.18. The zero-order valence-corrected chi connectivity index (χ0v) is 5.21. The molecular weight excluding hydrogens is 118 g/mol. The molecule has 3 heteroatoms. The van der Waals surface area contributed by atoms with Crippen molar-refractivity contribution in [1.82, 2.24) is 5.32 Å². The zero-order chi connectivity index (χ0) is 6.27. The van der Waals surface area contributed by atoms with Crippen molar-refractivity contribution in [3.63, 3.8) is 0 Å². The second-order valence-electron chi connectivity index (χ2n) is 2.76. The van der Waals surface area contributed by atoms with Crippen LogP contribution in [0.2, 0.25) is 0 Å². The van der Waals surface area contributed by atoms with Gasteiger partial charge in [0, 0.05) is 19.0 Å². The maximum atomic E-state index is 9.23. The molecule has 2 N–H and O–H groups in total. The molecule has 3 nitrogen and oxygen atoms in total. The summed E-state index contributed by atoms with van der Waals surface area (Å²) in [6.45, 7) is 2.38. The fraction of sp³-hybridized carbons (Fsp3) is 1.00. The van der Waals surface area contributed by atoms with Crippen LogP contribution in [0.5, 0.6) is 0 Å². The van der Waals surface area contributed by atoms with Crippen molar-refractivity contribution >= 4 is 0 Å². The molecule has 2 aliphatic rings. The SMILES string of the molecule is OC1COC2CNCC12. The lowest BCUT2D eigenvalue weighted by atomic mass is 10.0. The molecule has 0 saturated carbocycles. The summed E-state index contributed by atoms with van der Waals surface area (Å²) >= 11 is 0. The molecule has 2 fully saturated rings. The Bertz CT molecular complexity index is 118. The van der Waals surface area contributed by atoms with Gasteiger partial charge in [-0.15, -0.1) is 0 Å². The van der Waals surface area contributed by atoms with Gasteiger partial charge in [-0.2, -0.15) is 0 Å². The van der Waals surface area contributed by atoms with E-state index >= 15 is 0 Å². The van der Waals surface area contributed by atoms with Crippen LogP contribution < -0.4 is 5.32 Å². The van der Waals surface area contributed by atoms with E-state index in [4.69, 9.17) is 4.74 Å². The van der Waals surface area contributed by atoms with Gasteiger partial charge >= 0.3 is 0 Å². The zero-order valence-electron chi connectivity index (χ0n) is 5.21. The molecule has 3 unspecified atom stereocenters. The van der Waals surface area contributed by atoms with Gasteiger partial charge < -0.3 is 15.2 Å². The predicted octanol–water partition coefficient (Wildman–Crippen LogP) is -1.03. The fourth-order valence-corrected chi connectivity index (χ4v) is 1.59. The van der Waals surface area contributed by atoms with Crippen LogP contribution in [-0.2, 0) is 4.74 Å². The Morgan fingerprint density at radius 1 is 1.44 bits per heavy atom. The normalized spacial score (nSPS) is 49.7. The minimum Gasteiger partial charge on any atom is -0.390 e. The maximum Gasteiger partial charge on any atom is 0.0839 e. The number of rotatable bonds is 0. The molecule has 3 atom stereocenters. The molecule has 9 heavy (non-hydrogen) atoms. The van der Waals surface area contributed by atoms with E-state index in [2.05, 4.69) is 5.32 Å². The summed E-state index contributed by atoms with van der Waals surface area (Å²) in [5, 5.41) is 12.4. The van der Waals surface area contributed by atoms with Crippen LogP contribution in [0.4, 0.5) is 0 Å². The van der Waals surface area contributed by atoms with Crippen LogP contribution in [-0.4, -0.2) is 37.0 Å². The number of ether oxygens (including phenoxy) is 1. The fourth-order valence-electron chi connectivity index (χ4n) is 1.59. The van der Waals surface area contributed by atoms with E-state index < -0.39 is 0 Å². The van der Waals surface area contributed by atoms with Crippen molar-refractivity contribution in [1.29, 1.82) is 0 Å². The smallest absolute Gasteiger partial charge is 0.0839 e. The van der Waals surface area contributed by atoms with Crippen LogP contribution in [0.3, 0.4) is 0 Å². The number of aliphatic hydroxyl groups is 1. The van der Waals surface area contributed by atoms with Crippen molar-refractivity contribution in [3.8, 4) is 0 Å². The minimum atomic E-state index is -0.218. The molecule has 0 spiro atoms. The van der Waals surface area contributed by atoms with E-state index in [-0.39, 0.29) is 6.10 Å². The number of hydrogen-bond acceptors (Lipinski definition) is 3. The molecule has 0 bridgehead atoms. The number of aliphatic hydroxyl groups excluding tert-OH is 1. The maximum absolute atomic E-state index is 9.23. The predicted molar refractivity (Wildman–Crippen MR) is 32.1 cm³/mol. The highest BCUT2D eigenvalue weighted by molar-refractivity contribution is 4.91. The Labute approximate surface area is 54.0 Å². The largest absolute Gasteiger partial charge is 0.390 e. The lowest BCUT2D eigenvalue weighted by Gasteiger charge is -2.06. The minimum absolute atomic E-state index is 0.218. The Kier molecular flexibility index (Phi) is 1.22. The van der Waals surface area contributed by atoms with E-state index in [1.165, 1.54) is 0 Å². The molecule has 2 saturated heterocycles. The van der Waals surface area contributed by atoms with E-state index in [9.17, 15) is 5.11 Å². The lowest BCUT2D eigenvalue weighted by Crippen LogP contribution is -2.22. The van der Waals surface area contributed by atoms with E-state index in [0.717, 1.165) is 13.1 Å². The Balaban J connectivity index is 2.07. The molecule has 0 aromatic heterocycles. The molecule has 2 heterocycles. The highest BCUT2D eigenvalue weighted by Gasteiger charge is 2.39. The first-order chi connectivity index (χ1) is 4.38. The van der Waals surface area contributed by atoms with Gasteiger partial charge in [-0.05, 0) is 0 Å². The Morgan fingerprint density at radius 2 is 2.33 bits per heavy atom.